The lowest BCUT2D eigenvalue weighted by Crippen LogP contribution is -2.44. The predicted octanol–water partition coefficient (Wildman–Crippen LogP) is 4.59. The number of fused-ring (bicyclic) bond motifs is 1. The molecule has 0 saturated carbocycles. The van der Waals surface area contributed by atoms with Gasteiger partial charge in [0.2, 0.25) is 5.60 Å². The van der Waals surface area contributed by atoms with Crippen molar-refractivity contribution in [1.29, 1.82) is 0 Å². The van der Waals surface area contributed by atoms with Crippen LogP contribution in [0.3, 0.4) is 0 Å². The van der Waals surface area contributed by atoms with Crippen molar-refractivity contribution in [3.05, 3.63) is 35.1 Å². The van der Waals surface area contributed by atoms with E-state index in [9.17, 15) is 31.5 Å². The molecule has 0 fully saturated rings. The van der Waals surface area contributed by atoms with Gasteiger partial charge in [0.1, 0.15) is 4.90 Å². The van der Waals surface area contributed by atoms with Crippen molar-refractivity contribution in [1.82, 2.24) is 9.78 Å². The Bertz CT molecular complexity index is 1220. The highest BCUT2D eigenvalue weighted by molar-refractivity contribution is 7.93. The highest BCUT2D eigenvalue weighted by atomic mass is 35.5. The maximum absolute atomic E-state index is 13.7. The van der Waals surface area contributed by atoms with Crippen molar-refractivity contribution in [2.75, 3.05) is 22.8 Å². The fourth-order valence-corrected chi connectivity index (χ4v) is 5.84. The van der Waals surface area contributed by atoms with Gasteiger partial charge < -0.3 is 9.84 Å². The molecule has 9 nitrogen and oxygen atoms in total. The summed E-state index contributed by atoms with van der Waals surface area (Å²) in [4.78, 5) is 12.0. The topological polar surface area (TPSA) is 114 Å². The fraction of sp³-hybridized carbons (Fsp3) is 0.545. The number of amides is 1. The number of hydrogen-bond acceptors (Lipinski definition) is 6. The van der Waals surface area contributed by atoms with E-state index in [4.69, 9.17) is 11.6 Å². The van der Waals surface area contributed by atoms with Gasteiger partial charge in [-0.25, -0.2) is 13.2 Å². The van der Waals surface area contributed by atoms with Crippen LogP contribution in [0.4, 0.5) is 29.3 Å². The number of carbonyl (C=O) groups is 1. The Morgan fingerprint density at radius 1 is 1.33 bits per heavy atom. The number of nitrogens with one attached hydrogen (secondary N) is 1. The molecule has 1 aliphatic rings. The van der Waals surface area contributed by atoms with Gasteiger partial charge in [-0.05, 0) is 63.6 Å². The normalized spacial score (nSPS) is 16.6. The summed E-state index contributed by atoms with van der Waals surface area (Å²) in [5.74, 6) is -0.101. The van der Waals surface area contributed by atoms with Crippen molar-refractivity contribution in [2.45, 2.75) is 63.3 Å². The minimum Gasteiger partial charge on any atom is -0.434 e. The van der Waals surface area contributed by atoms with Crippen LogP contribution in [0.15, 0.2) is 29.3 Å². The Morgan fingerprint density at radius 3 is 2.61 bits per heavy atom. The van der Waals surface area contributed by atoms with E-state index in [1.54, 1.807) is 13.0 Å². The number of aromatic nitrogens is 2. The van der Waals surface area contributed by atoms with Crippen LogP contribution in [0.1, 0.15) is 39.2 Å². The number of alkyl halides is 3. The minimum atomic E-state index is -4.78. The molecule has 1 amide bonds. The Labute approximate surface area is 212 Å². The third-order valence-electron chi connectivity index (χ3n) is 5.91. The molecule has 0 saturated heterocycles. The first-order chi connectivity index (χ1) is 16.7. The standard InChI is InChI=1S/C22H28ClF3N4O5S/c1-4-29-13-18(19(23)28-29)36(33,34)30-12-14(6-5-9-31)10-15-7-8-16(11-17(15)30)27-20(32)35-21(2,3)22(24,25)26/h7-8,11,13-14,31H,4-6,9-10,12H2,1-3H3,(H,27,32)/t14-/m0/s1. The summed E-state index contributed by atoms with van der Waals surface area (Å²) in [5.41, 5.74) is -1.76. The number of halogens is 4. The molecule has 2 heterocycles. The molecular formula is C22H28ClF3N4O5S. The summed E-state index contributed by atoms with van der Waals surface area (Å²) < 4.78 is 73.6. The fourth-order valence-electron chi connectivity index (χ4n) is 3.82. The predicted molar refractivity (Wildman–Crippen MR) is 128 cm³/mol. The molecule has 36 heavy (non-hydrogen) atoms. The molecule has 3 rings (SSSR count). The van der Waals surface area contributed by atoms with Gasteiger partial charge in [-0.3, -0.25) is 14.3 Å². The lowest BCUT2D eigenvalue weighted by Gasteiger charge is -2.35. The van der Waals surface area contributed by atoms with Crippen molar-refractivity contribution in [3.8, 4) is 0 Å². The minimum absolute atomic E-state index is 0.0373. The van der Waals surface area contributed by atoms with Gasteiger partial charge in [0.25, 0.3) is 10.0 Å². The number of carbonyl (C=O) groups excluding carboxylic acids is 1. The van der Waals surface area contributed by atoms with E-state index in [1.165, 1.54) is 23.0 Å². The second-order valence-corrected chi connectivity index (χ2v) is 11.2. The number of nitrogens with zero attached hydrogens (tertiary/aromatic N) is 3. The average molecular weight is 553 g/mol. The lowest BCUT2D eigenvalue weighted by atomic mass is 9.90. The molecular weight excluding hydrogens is 525 g/mol. The van der Waals surface area contributed by atoms with Crippen molar-refractivity contribution in [3.63, 3.8) is 0 Å². The van der Waals surface area contributed by atoms with E-state index in [2.05, 4.69) is 15.2 Å². The van der Waals surface area contributed by atoms with Crippen LogP contribution in [0, 0.1) is 5.92 Å². The molecule has 0 unspecified atom stereocenters. The van der Waals surface area contributed by atoms with Gasteiger partial charge in [-0.1, -0.05) is 17.7 Å². The smallest absolute Gasteiger partial charge is 0.427 e. The largest absolute Gasteiger partial charge is 0.434 e. The van der Waals surface area contributed by atoms with Crippen molar-refractivity contribution >= 4 is 39.1 Å². The molecule has 1 aromatic carbocycles. The summed E-state index contributed by atoms with van der Waals surface area (Å²) in [7, 11) is -4.18. The van der Waals surface area contributed by atoms with Gasteiger partial charge >= 0.3 is 12.3 Å². The molecule has 14 heteroatoms. The first-order valence-electron chi connectivity index (χ1n) is 11.3. The number of rotatable bonds is 8. The molecule has 0 bridgehead atoms. The highest BCUT2D eigenvalue weighted by Crippen LogP contribution is 2.39. The maximum atomic E-state index is 13.7. The molecule has 2 aromatic rings. The molecule has 1 aliphatic heterocycles. The number of aliphatic hydroxyl groups excluding tert-OH is 1. The Hall–Kier alpha value is -2.51. The third kappa shape index (κ3) is 5.89. The van der Waals surface area contributed by atoms with Crippen LogP contribution < -0.4 is 9.62 Å². The van der Waals surface area contributed by atoms with Crippen LogP contribution in [0.2, 0.25) is 5.15 Å². The van der Waals surface area contributed by atoms with Gasteiger partial charge in [-0.15, -0.1) is 0 Å². The van der Waals surface area contributed by atoms with E-state index in [0.717, 1.165) is 18.2 Å². The zero-order valence-electron chi connectivity index (χ0n) is 20.0. The zero-order chi connectivity index (χ0) is 26.9. The summed E-state index contributed by atoms with van der Waals surface area (Å²) in [6.45, 7) is 3.66. The average Bonchev–Trinajstić information content (AvgIpc) is 3.17. The Balaban J connectivity index is 1.97. The van der Waals surface area contributed by atoms with Gasteiger partial charge in [0.15, 0.2) is 5.15 Å². The second kappa shape index (κ2) is 10.5. The van der Waals surface area contributed by atoms with E-state index in [0.29, 0.717) is 31.4 Å². The Morgan fingerprint density at radius 2 is 2.03 bits per heavy atom. The SMILES string of the molecule is CCn1cc(S(=O)(=O)N2C[C@@H](CCCO)Cc3ccc(NC(=O)OC(C)(C)C(F)(F)F)cc32)c(Cl)n1. The molecule has 1 aromatic heterocycles. The summed E-state index contributed by atoms with van der Waals surface area (Å²) in [6, 6.07) is 4.43. The van der Waals surface area contributed by atoms with Crippen LogP contribution in [-0.4, -0.2) is 54.3 Å². The molecule has 2 N–H and O–H groups in total. The first kappa shape index (κ1) is 28.1. The van der Waals surface area contributed by atoms with Crippen LogP contribution >= 0.6 is 11.6 Å². The van der Waals surface area contributed by atoms with E-state index in [1.807, 2.05) is 0 Å². The highest BCUT2D eigenvalue weighted by Gasteiger charge is 2.51. The van der Waals surface area contributed by atoms with E-state index in [-0.39, 0.29) is 40.5 Å². The number of sulfonamides is 1. The van der Waals surface area contributed by atoms with Gasteiger partial charge in [-0.2, -0.15) is 18.3 Å². The monoisotopic (exact) mass is 552 g/mol. The van der Waals surface area contributed by atoms with Crippen molar-refractivity contribution in [2.24, 2.45) is 5.92 Å². The lowest BCUT2D eigenvalue weighted by molar-refractivity contribution is -0.242. The number of hydrogen-bond donors (Lipinski definition) is 2. The summed E-state index contributed by atoms with van der Waals surface area (Å²) >= 11 is 6.14. The number of benzene rings is 1. The van der Waals surface area contributed by atoms with E-state index >= 15 is 0 Å². The quantitative estimate of drug-likeness (QED) is 0.495. The first-order valence-corrected chi connectivity index (χ1v) is 13.1. The molecule has 0 radical (unpaired) electrons. The number of aliphatic hydroxyl groups is 1. The van der Waals surface area contributed by atoms with Gasteiger partial charge in [0, 0.05) is 31.6 Å². The van der Waals surface area contributed by atoms with Crippen LogP contribution in [0.5, 0.6) is 0 Å². The van der Waals surface area contributed by atoms with E-state index < -0.39 is 27.9 Å². The third-order valence-corrected chi connectivity index (χ3v) is 8.08. The molecule has 1 atom stereocenters. The van der Waals surface area contributed by atoms with Crippen LogP contribution in [-0.2, 0) is 27.7 Å². The maximum Gasteiger partial charge on any atom is 0.427 e. The Kier molecular flexibility index (Phi) is 8.16. The van der Waals surface area contributed by atoms with Gasteiger partial charge in [0.05, 0.1) is 5.69 Å². The number of anilines is 2. The molecule has 200 valence electrons. The molecule has 0 spiro atoms. The van der Waals surface area contributed by atoms with Crippen LogP contribution in [0.25, 0.3) is 0 Å². The summed E-state index contributed by atoms with van der Waals surface area (Å²) in [6.07, 6.45) is -3.22. The number of ether oxygens (including phenoxy) is 1. The number of aryl methyl sites for hydroxylation is 1. The van der Waals surface area contributed by atoms with Crippen molar-refractivity contribution < 1.29 is 36.2 Å². The zero-order valence-corrected chi connectivity index (χ0v) is 21.5. The second-order valence-electron chi connectivity index (χ2n) is 8.98. The summed E-state index contributed by atoms with van der Waals surface area (Å²) in [5, 5.41) is 15.3. The molecule has 0 aliphatic carbocycles.